The average Bonchev–Trinajstić information content (AvgIpc) is 3.03. The minimum absolute atomic E-state index is 0.248. The summed E-state index contributed by atoms with van der Waals surface area (Å²) in [5, 5.41) is 29.8. The average molecular weight is 365 g/mol. The van der Waals surface area contributed by atoms with Crippen LogP contribution in [0.15, 0.2) is 60.9 Å². The number of benzene rings is 1. The van der Waals surface area contributed by atoms with Crippen LogP contribution in [0.3, 0.4) is 0 Å². The van der Waals surface area contributed by atoms with Gasteiger partial charge in [0.25, 0.3) is 0 Å². The van der Waals surface area contributed by atoms with Gasteiger partial charge in [-0.15, -0.1) is 0 Å². The van der Waals surface area contributed by atoms with Gasteiger partial charge in [0.1, 0.15) is 24.4 Å². The van der Waals surface area contributed by atoms with Crippen molar-refractivity contribution in [3.8, 4) is 22.5 Å². The first-order valence-corrected chi connectivity index (χ1v) is 8.64. The molecule has 0 radical (unpaired) electrons. The zero-order valence-corrected chi connectivity index (χ0v) is 14.4. The normalized spacial score (nSPS) is 24.9. The lowest BCUT2D eigenvalue weighted by Crippen LogP contribution is -2.32. The Kier molecular flexibility index (Phi) is 4.91. The SMILES string of the molecule is OC[C@H]1O[C@@H](c2nc(-c3ccccc3)cc(-c3cccnc3)n2)[C@H](O)[C@@H]1O. The van der Waals surface area contributed by atoms with Crippen molar-refractivity contribution >= 4 is 0 Å². The third-order valence-corrected chi connectivity index (χ3v) is 4.57. The van der Waals surface area contributed by atoms with E-state index in [4.69, 9.17) is 4.74 Å². The maximum absolute atomic E-state index is 10.4. The number of aliphatic hydroxyl groups is 3. The minimum Gasteiger partial charge on any atom is -0.394 e. The third-order valence-electron chi connectivity index (χ3n) is 4.57. The van der Waals surface area contributed by atoms with Crippen molar-refractivity contribution in [1.29, 1.82) is 0 Å². The summed E-state index contributed by atoms with van der Waals surface area (Å²) in [7, 11) is 0. The molecule has 1 aromatic carbocycles. The molecule has 138 valence electrons. The van der Waals surface area contributed by atoms with E-state index in [1.165, 1.54) is 0 Å². The Hall–Kier alpha value is -2.71. The summed E-state index contributed by atoms with van der Waals surface area (Å²) in [5.41, 5.74) is 2.98. The molecule has 1 fully saturated rings. The molecule has 0 aliphatic carbocycles. The van der Waals surface area contributed by atoms with E-state index in [0.717, 1.165) is 11.1 Å². The molecule has 3 N–H and O–H groups in total. The number of hydrogen-bond acceptors (Lipinski definition) is 7. The van der Waals surface area contributed by atoms with Crippen molar-refractivity contribution in [2.24, 2.45) is 0 Å². The number of pyridine rings is 1. The molecule has 7 heteroatoms. The fraction of sp³-hybridized carbons (Fsp3) is 0.250. The van der Waals surface area contributed by atoms with E-state index in [1.807, 2.05) is 48.5 Å². The summed E-state index contributed by atoms with van der Waals surface area (Å²) in [5.74, 6) is 0.248. The standard InChI is InChI=1S/C20H19N3O4/c24-11-16-17(25)18(26)19(27-16)20-22-14(12-5-2-1-3-6-12)9-15(23-20)13-7-4-8-21-10-13/h1-10,16-19,24-26H,11H2/t16-,17-,18-,19-/m1/s1. The number of aromatic nitrogens is 3. The van der Waals surface area contributed by atoms with Crippen molar-refractivity contribution in [3.63, 3.8) is 0 Å². The van der Waals surface area contributed by atoms with Crippen LogP contribution in [0.4, 0.5) is 0 Å². The lowest BCUT2D eigenvalue weighted by molar-refractivity contribution is -0.0252. The van der Waals surface area contributed by atoms with E-state index in [1.54, 1.807) is 12.4 Å². The molecule has 1 aliphatic rings. The Bertz CT molecular complexity index is 850. The Balaban J connectivity index is 1.82. The molecule has 27 heavy (non-hydrogen) atoms. The van der Waals surface area contributed by atoms with Gasteiger partial charge in [0, 0.05) is 23.5 Å². The molecule has 1 saturated heterocycles. The lowest BCUT2D eigenvalue weighted by Gasteiger charge is -2.16. The zero-order chi connectivity index (χ0) is 18.8. The van der Waals surface area contributed by atoms with E-state index < -0.39 is 31.0 Å². The van der Waals surface area contributed by atoms with Gasteiger partial charge in [-0.1, -0.05) is 30.3 Å². The van der Waals surface area contributed by atoms with Crippen LogP contribution in [0.25, 0.3) is 22.5 Å². The molecule has 3 heterocycles. The Morgan fingerprint density at radius 2 is 1.59 bits per heavy atom. The maximum Gasteiger partial charge on any atom is 0.161 e. The summed E-state index contributed by atoms with van der Waals surface area (Å²) in [6.45, 7) is -0.400. The molecule has 1 aliphatic heterocycles. The van der Waals surface area contributed by atoms with Gasteiger partial charge < -0.3 is 20.1 Å². The first-order chi connectivity index (χ1) is 13.2. The molecule has 4 rings (SSSR count). The molecule has 3 aromatic rings. The number of aliphatic hydroxyl groups excluding tert-OH is 3. The van der Waals surface area contributed by atoms with E-state index in [0.29, 0.717) is 11.4 Å². The van der Waals surface area contributed by atoms with Gasteiger partial charge in [-0.05, 0) is 18.2 Å². The molecule has 0 unspecified atom stereocenters. The van der Waals surface area contributed by atoms with Crippen LogP contribution in [0.5, 0.6) is 0 Å². The molecule has 7 nitrogen and oxygen atoms in total. The summed E-state index contributed by atoms with van der Waals surface area (Å²) in [6, 6.07) is 15.1. The molecule has 0 saturated carbocycles. The van der Waals surface area contributed by atoms with Gasteiger partial charge >= 0.3 is 0 Å². The van der Waals surface area contributed by atoms with Crippen LogP contribution in [-0.4, -0.2) is 55.2 Å². The van der Waals surface area contributed by atoms with Gasteiger partial charge in [-0.2, -0.15) is 0 Å². The monoisotopic (exact) mass is 365 g/mol. The zero-order valence-electron chi connectivity index (χ0n) is 14.4. The first-order valence-electron chi connectivity index (χ1n) is 8.64. The summed E-state index contributed by atoms with van der Waals surface area (Å²) >= 11 is 0. The van der Waals surface area contributed by atoms with Gasteiger partial charge in [0.15, 0.2) is 5.82 Å². The van der Waals surface area contributed by atoms with Crippen LogP contribution < -0.4 is 0 Å². The smallest absolute Gasteiger partial charge is 0.161 e. The van der Waals surface area contributed by atoms with Crippen LogP contribution in [0.1, 0.15) is 11.9 Å². The minimum atomic E-state index is -1.23. The van der Waals surface area contributed by atoms with Crippen molar-refractivity contribution in [2.45, 2.75) is 24.4 Å². The van der Waals surface area contributed by atoms with Crippen molar-refractivity contribution in [3.05, 3.63) is 66.7 Å². The number of rotatable bonds is 4. The highest BCUT2D eigenvalue weighted by atomic mass is 16.6. The topological polar surface area (TPSA) is 109 Å². The van der Waals surface area contributed by atoms with Crippen molar-refractivity contribution < 1.29 is 20.1 Å². The van der Waals surface area contributed by atoms with Gasteiger partial charge in [-0.25, -0.2) is 9.97 Å². The third kappa shape index (κ3) is 3.45. The van der Waals surface area contributed by atoms with E-state index >= 15 is 0 Å². The molecular formula is C20H19N3O4. The van der Waals surface area contributed by atoms with Gasteiger partial charge in [-0.3, -0.25) is 4.98 Å². The molecule has 0 amide bonds. The predicted molar refractivity (Wildman–Crippen MR) is 97.4 cm³/mol. The molecular weight excluding hydrogens is 346 g/mol. The fourth-order valence-electron chi connectivity index (χ4n) is 3.13. The second-order valence-electron chi connectivity index (χ2n) is 6.36. The molecule has 0 bridgehead atoms. The molecule has 0 spiro atoms. The summed E-state index contributed by atoms with van der Waals surface area (Å²) in [6.07, 6.45) is -0.874. The van der Waals surface area contributed by atoms with Crippen molar-refractivity contribution in [1.82, 2.24) is 15.0 Å². The fourth-order valence-corrected chi connectivity index (χ4v) is 3.13. The Morgan fingerprint density at radius 1 is 0.889 bits per heavy atom. The Morgan fingerprint density at radius 3 is 2.22 bits per heavy atom. The van der Waals surface area contributed by atoms with Crippen LogP contribution in [-0.2, 0) is 4.74 Å². The van der Waals surface area contributed by atoms with Crippen LogP contribution in [0, 0.1) is 0 Å². The lowest BCUT2D eigenvalue weighted by atomic mass is 10.1. The Labute approximate surface area is 156 Å². The number of hydrogen-bond donors (Lipinski definition) is 3. The highest BCUT2D eigenvalue weighted by Gasteiger charge is 2.44. The van der Waals surface area contributed by atoms with Gasteiger partial charge in [0.05, 0.1) is 18.0 Å². The maximum atomic E-state index is 10.4. The quantitative estimate of drug-likeness (QED) is 0.640. The van der Waals surface area contributed by atoms with Crippen LogP contribution in [0.2, 0.25) is 0 Å². The van der Waals surface area contributed by atoms with E-state index in [-0.39, 0.29) is 5.82 Å². The second kappa shape index (κ2) is 7.50. The second-order valence-corrected chi connectivity index (χ2v) is 6.36. The highest BCUT2D eigenvalue weighted by molar-refractivity contribution is 5.67. The van der Waals surface area contributed by atoms with Crippen molar-refractivity contribution in [2.75, 3.05) is 6.61 Å². The predicted octanol–water partition coefficient (Wildman–Crippen LogP) is 1.36. The largest absolute Gasteiger partial charge is 0.394 e. The number of nitrogens with zero attached hydrogens (tertiary/aromatic N) is 3. The molecule has 2 aromatic heterocycles. The van der Waals surface area contributed by atoms with E-state index in [2.05, 4.69) is 15.0 Å². The number of ether oxygens (including phenoxy) is 1. The molecule has 4 atom stereocenters. The van der Waals surface area contributed by atoms with Gasteiger partial charge in [0.2, 0.25) is 0 Å². The van der Waals surface area contributed by atoms with Crippen LogP contribution >= 0.6 is 0 Å². The van der Waals surface area contributed by atoms with E-state index in [9.17, 15) is 15.3 Å². The first kappa shape index (κ1) is 17.7. The highest BCUT2D eigenvalue weighted by Crippen LogP contribution is 2.34. The summed E-state index contributed by atoms with van der Waals surface area (Å²) < 4.78 is 5.61. The summed E-state index contributed by atoms with van der Waals surface area (Å²) in [4.78, 5) is 13.2.